The highest BCUT2D eigenvalue weighted by molar-refractivity contribution is 5.71. The molecule has 0 aromatic heterocycles. The molecule has 0 fully saturated rings. The van der Waals surface area contributed by atoms with Crippen molar-refractivity contribution in [2.24, 2.45) is 11.8 Å². The van der Waals surface area contributed by atoms with Crippen molar-refractivity contribution in [3.05, 3.63) is 0 Å². The molecule has 0 heterocycles. The Kier molecular flexibility index (Phi) is 47.6. The van der Waals surface area contributed by atoms with E-state index in [1.165, 1.54) is 199 Å². The Hall–Kier alpha value is -1.59. The van der Waals surface area contributed by atoms with Crippen LogP contribution in [0.15, 0.2) is 0 Å². The standard InChI is InChI=1S/C56H108O6/c1-6-7-8-9-10-11-19-26-31-36-41-46-54(57)60-49-53(50-61-55(58)47-42-37-32-27-22-18-14-16-21-25-30-35-40-45-52(4)5)62-56(59)48-43-38-33-28-23-17-13-12-15-20-24-29-34-39-44-51(2)3/h51-53H,6-50H2,1-5H3/t53-/m0/s1. The van der Waals surface area contributed by atoms with Gasteiger partial charge in [-0.25, -0.2) is 0 Å². The lowest BCUT2D eigenvalue weighted by molar-refractivity contribution is -0.167. The minimum absolute atomic E-state index is 0.0630. The lowest BCUT2D eigenvalue weighted by Gasteiger charge is -2.18. The van der Waals surface area contributed by atoms with Gasteiger partial charge in [-0.3, -0.25) is 14.4 Å². The van der Waals surface area contributed by atoms with Gasteiger partial charge < -0.3 is 14.2 Å². The largest absolute Gasteiger partial charge is 0.462 e. The number of carbonyl (C=O) groups is 3. The van der Waals surface area contributed by atoms with Crippen molar-refractivity contribution in [3.8, 4) is 0 Å². The maximum absolute atomic E-state index is 12.8. The van der Waals surface area contributed by atoms with Crippen molar-refractivity contribution < 1.29 is 28.6 Å². The van der Waals surface area contributed by atoms with E-state index in [9.17, 15) is 14.4 Å². The highest BCUT2D eigenvalue weighted by Gasteiger charge is 2.19. The predicted octanol–water partition coefficient (Wildman–Crippen LogP) is 18.1. The second-order valence-electron chi connectivity index (χ2n) is 20.2. The van der Waals surface area contributed by atoms with Gasteiger partial charge in [0, 0.05) is 19.3 Å². The van der Waals surface area contributed by atoms with Crippen molar-refractivity contribution >= 4 is 17.9 Å². The van der Waals surface area contributed by atoms with Crippen LogP contribution in [0.2, 0.25) is 0 Å². The number of unbranched alkanes of at least 4 members (excludes halogenated alkanes) is 35. The molecule has 368 valence electrons. The molecular formula is C56H108O6. The highest BCUT2D eigenvalue weighted by atomic mass is 16.6. The van der Waals surface area contributed by atoms with Gasteiger partial charge in [-0.1, -0.05) is 272 Å². The number of hydrogen-bond donors (Lipinski definition) is 0. The predicted molar refractivity (Wildman–Crippen MR) is 266 cm³/mol. The summed E-state index contributed by atoms with van der Waals surface area (Å²) in [5.41, 5.74) is 0. The van der Waals surface area contributed by atoms with Crippen LogP contribution < -0.4 is 0 Å². The molecule has 0 N–H and O–H groups in total. The first kappa shape index (κ1) is 60.4. The third-order valence-corrected chi connectivity index (χ3v) is 12.7. The minimum Gasteiger partial charge on any atom is -0.462 e. The third kappa shape index (κ3) is 49.4. The Morgan fingerprint density at radius 2 is 0.532 bits per heavy atom. The van der Waals surface area contributed by atoms with Crippen LogP contribution in [0.4, 0.5) is 0 Å². The molecule has 0 aliphatic heterocycles. The zero-order chi connectivity index (χ0) is 45.4. The summed E-state index contributed by atoms with van der Waals surface area (Å²) in [4.78, 5) is 38.0. The highest BCUT2D eigenvalue weighted by Crippen LogP contribution is 2.18. The average molecular weight is 877 g/mol. The van der Waals surface area contributed by atoms with Gasteiger partial charge in [0.25, 0.3) is 0 Å². The van der Waals surface area contributed by atoms with Crippen LogP contribution in [0.25, 0.3) is 0 Å². The summed E-state index contributed by atoms with van der Waals surface area (Å²) >= 11 is 0. The zero-order valence-corrected chi connectivity index (χ0v) is 42.5. The van der Waals surface area contributed by atoms with E-state index in [4.69, 9.17) is 14.2 Å². The maximum atomic E-state index is 12.8. The van der Waals surface area contributed by atoms with Crippen LogP contribution in [0.5, 0.6) is 0 Å². The molecule has 0 bridgehead atoms. The molecule has 62 heavy (non-hydrogen) atoms. The van der Waals surface area contributed by atoms with Crippen LogP contribution in [0.3, 0.4) is 0 Å². The van der Waals surface area contributed by atoms with Crippen LogP contribution in [-0.2, 0) is 28.6 Å². The fourth-order valence-electron chi connectivity index (χ4n) is 8.52. The Morgan fingerprint density at radius 1 is 0.306 bits per heavy atom. The van der Waals surface area contributed by atoms with E-state index < -0.39 is 6.10 Å². The second kappa shape index (κ2) is 48.9. The molecule has 0 aliphatic rings. The summed E-state index contributed by atoms with van der Waals surface area (Å²) in [5, 5.41) is 0. The van der Waals surface area contributed by atoms with E-state index in [1.807, 2.05) is 0 Å². The first-order valence-electron chi connectivity index (χ1n) is 27.7. The van der Waals surface area contributed by atoms with E-state index >= 15 is 0 Å². The number of hydrogen-bond acceptors (Lipinski definition) is 6. The van der Waals surface area contributed by atoms with E-state index in [0.717, 1.165) is 69.6 Å². The molecule has 6 nitrogen and oxygen atoms in total. The van der Waals surface area contributed by atoms with E-state index in [0.29, 0.717) is 19.3 Å². The summed E-state index contributed by atoms with van der Waals surface area (Å²) in [6, 6.07) is 0. The SMILES string of the molecule is CCCCCCCCCCCCCC(=O)OC[C@@H](COC(=O)CCCCCCCCCCCCCCCC(C)C)OC(=O)CCCCCCCCCCCCCCCCC(C)C. The molecule has 0 aromatic carbocycles. The molecule has 0 aliphatic carbocycles. The smallest absolute Gasteiger partial charge is 0.306 e. The van der Waals surface area contributed by atoms with E-state index in [2.05, 4.69) is 34.6 Å². The summed E-state index contributed by atoms with van der Waals surface area (Å²) in [6.45, 7) is 11.4. The summed E-state index contributed by atoms with van der Waals surface area (Å²) in [6.07, 6.45) is 50.9. The molecule has 0 spiro atoms. The number of esters is 3. The van der Waals surface area contributed by atoms with Crippen molar-refractivity contribution in [2.45, 2.75) is 317 Å². The lowest BCUT2D eigenvalue weighted by atomic mass is 10.0. The van der Waals surface area contributed by atoms with Crippen LogP contribution >= 0.6 is 0 Å². The van der Waals surface area contributed by atoms with Gasteiger partial charge in [0.15, 0.2) is 6.10 Å². The quantitative estimate of drug-likeness (QED) is 0.0344. The fraction of sp³-hybridized carbons (Fsp3) is 0.946. The second-order valence-corrected chi connectivity index (χ2v) is 20.2. The van der Waals surface area contributed by atoms with Crippen LogP contribution in [0.1, 0.15) is 311 Å². The summed E-state index contributed by atoms with van der Waals surface area (Å²) in [7, 11) is 0. The molecule has 0 unspecified atom stereocenters. The minimum atomic E-state index is -0.762. The van der Waals surface area contributed by atoms with Gasteiger partial charge in [-0.15, -0.1) is 0 Å². The molecule has 0 saturated heterocycles. The molecule has 0 saturated carbocycles. The van der Waals surface area contributed by atoms with Gasteiger partial charge in [0.2, 0.25) is 0 Å². The first-order valence-corrected chi connectivity index (χ1v) is 27.7. The Balaban J connectivity index is 4.28. The van der Waals surface area contributed by atoms with Crippen LogP contribution in [-0.4, -0.2) is 37.2 Å². The normalized spacial score (nSPS) is 12.0. The third-order valence-electron chi connectivity index (χ3n) is 12.7. The molecular weight excluding hydrogens is 769 g/mol. The summed E-state index contributed by atoms with van der Waals surface area (Å²) < 4.78 is 16.9. The Labute approximate surface area is 387 Å². The van der Waals surface area contributed by atoms with Crippen LogP contribution in [0, 0.1) is 11.8 Å². The molecule has 0 radical (unpaired) electrons. The molecule has 6 heteroatoms. The molecule has 0 rings (SSSR count). The fourth-order valence-corrected chi connectivity index (χ4v) is 8.52. The molecule has 0 amide bonds. The number of rotatable bonds is 50. The lowest BCUT2D eigenvalue weighted by Crippen LogP contribution is -2.30. The summed E-state index contributed by atoms with van der Waals surface area (Å²) in [5.74, 6) is 0.841. The first-order chi connectivity index (χ1) is 30.2. The number of ether oxygens (including phenoxy) is 3. The van der Waals surface area contributed by atoms with Crippen molar-refractivity contribution in [2.75, 3.05) is 13.2 Å². The van der Waals surface area contributed by atoms with Gasteiger partial charge >= 0.3 is 17.9 Å². The van der Waals surface area contributed by atoms with Gasteiger partial charge in [-0.2, -0.15) is 0 Å². The Bertz CT molecular complexity index is 947. The van der Waals surface area contributed by atoms with Gasteiger partial charge in [0.1, 0.15) is 13.2 Å². The van der Waals surface area contributed by atoms with Crippen molar-refractivity contribution in [1.29, 1.82) is 0 Å². The zero-order valence-electron chi connectivity index (χ0n) is 42.5. The maximum Gasteiger partial charge on any atom is 0.306 e. The monoisotopic (exact) mass is 877 g/mol. The van der Waals surface area contributed by atoms with Gasteiger partial charge in [-0.05, 0) is 31.1 Å². The van der Waals surface area contributed by atoms with Crippen molar-refractivity contribution in [1.82, 2.24) is 0 Å². The van der Waals surface area contributed by atoms with Gasteiger partial charge in [0.05, 0.1) is 0 Å². The van der Waals surface area contributed by atoms with E-state index in [1.54, 1.807) is 0 Å². The molecule has 0 aromatic rings. The average Bonchev–Trinajstić information content (AvgIpc) is 3.24. The van der Waals surface area contributed by atoms with Crippen molar-refractivity contribution in [3.63, 3.8) is 0 Å². The number of carbonyl (C=O) groups excluding carboxylic acids is 3. The molecule has 1 atom stereocenters. The van der Waals surface area contributed by atoms with E-state index in [-0.39, 0.29) is 31.1 Å². The topological polar surface area (TPSA) is 78.9 Å². The Morgan fingerprint density at radius 3 is 0.790 bits per heavy atom.